The molecular formula is C7H7BFNO2. The van der Waals surface area contributed by atoms with E-state index in [2.05, 4.69) is 0 Å². The highest BCUT2D eigenvalue weighted by molar-refractivity contribution is 6.36. The van der Waals surface area contributed by atoms with Gasteiger partial charge in [0.25, 0.3) is 0 Å². The molecule has 1 aromatic rings. The van der Waals surface area contributed by atoms with Gasteiger partial charge in [0.15, 0.2) is 0 Å². The number of halogens is 1. The smallest absolute Gasteiger partial charge is 0.337 e. The van der Waals surface area contributed by atoms with Crippen molar-refractivity contribution in [3.8, 4) is 0 Å². The zero-order valence-corrected chi connectivity index (χ0v) is 6.47. The molecule has 0 atom stereocenters. The van der Waals surface area contributed by atoms with Crippen molar-refractivity contribution in [1.82, 2.24) is 0 Å². The van der Waals surface area contributed by atoms with Crippen molar-refractivity contribution in [2.45, 2.75) is 0 Å². The fourth-order valence-electron chi connectivity index (χ4n) is 0.931. The number of nitrogen functional groups attached to an aromatic ring is 1. The minimum Gasteiger partial charge on any atom is -0.478 e. The highest BCUT2D eigenvalue weighted by atomic mass is 19.1. The van der Waals surface area contributed by atoms with Gasteiger partial charge in [-0.05, 0) is 12.1 Å². The average molecular weight is 167 g/mol. The lowest BCUT2D eigenvalue weighted by Gasteiger charge is -2.03. The number of anilines is 1. The molecule has 0 radical (unpaired) electrons. The molecule has 0 unspecified atom stereocenters. The van der Waals surface area contributed by atoms with Gasteiger partial charge in [-0.15, -0.1) is 0 Å². The van der Waals surface area contributed by atoms with Gasteiger partial charge in [-0.1, -0.05) is 5.46 Å². The van der Waals surface area contributed by atoms with Crippen LogP contribution in [0.5, 0.6) is 0 Å². The Morgan fingerprint density at radius 1 is 1.58 bits per heavy atom. The first-order valence-electron chi connectivity index (χ1n) is 3.31. The van der Waals surface area contributed by atoms with Gasteiger partial charge in [0.2, 0.25) is 0 Å². The summed E-state index contributed by atoms with van der Waals surface area (Å²) in [4.78, 5) is 10.5. The van der Waals surface area contributed by atoms with Crippen LogP contribution in [-0.2, 0) is 0 Å². The topological polar surface area (TPSA) is 63.3 Å². The van der Waals surface area contributed by atoms with Gasteiger partial charge in [-0.25, -0.2) is 9.18 Å². The normalized spacial score (nSPS) is 9.75. The number of carbonyl (C=O) groups is 1. The van der Waals surface area contributed by atoms with Crippen LogP contribution < -0.4 is 11.2 Å². The second-order valence-electron chi connectivity index (χ2n) is 2.49. The SMILES string of the molecule is Bc1cc(F)cc(C(=O)O)c1N. The van der Waals surface area contributed by atoms with E-state index in [1.807, 2.05) is 0 Å². The molecule has 0 aromatic heterocycles. The summed E-state index contributed by atoms with van der Waals surface area (Å²) in [7, 11) is 1.56. The van der Waals surface area contributed by atoms with Crippen molar-refractivity contribution in [2.24, 2.45) is 0 Å². The minimum absolute atomic E-state index is 0.115. The lowest BCUT2D eigenvalue weighted by Crippen LogP contribution is -2.16. The third-order valence-electron chi connectivity index (χ3n) is 1.58. The third-order valence-corrected chi connectivity index (χ3v) is 1.58. The van der Waals surface area contributed by atoms with E-state index in [1.54, 1.807) is 7.85 Å². The van der Waals surface area contributed by atoms with Crippen LogP contribution >= 0.6 is 0 Å². The molecule has 1 aromatic carbocycles. The zero-order chi connectivity index (χ0) is 9.30. The standard InChI is InChI=1S/C7H7BFNO2/c8-5-2-3(9)1-4(6(5)10)7(11)12/h1-2H,8,10H2,(H,11,12). The number of aromatic carboxylic acids is 1. The second kappa shape index (κ2) is 2.85. The van der Waals surface area contributed by atoms with Crippen molar-refractivity contribution in [1.29, 1.82) is 0 Å². The van der Waals surface area contributed by atoms with E-state index >= 15 is 0 Å². The summed E-state index contributed by atoms with van der Waals surface area (Å²) < 4.78 is 12.6. The Kier molecular flexibility index (Phi) is 2.04. The molecule has 3 N–H and O–H groups in total. The number of hydrogen-bond acceptors (Lipinski definition) is 2. The molecule has 0 aliphatic carbocycles. The minimum atomic E-state index is -1.21. The Labute approximate surface area is 69.4 Å². The van der Waals surface area contributed by atoms with Crippen LogP contribution in [0.4, 0.5) is 10.1 Å². The molecule has 0 amide bonds. The number of hydrogen-bond donors (Lipinski definition) is 2. The van der Waals surface area contributed by atoms with E-state index in [0.29, 0.717) is 5.46 Å². The van der Waals surface area contributed by atoms with Crippen LogP contribution in [0, 0.1) is 5.82 Å². The molecule has 62 valence electrons. The van der Waals surface area contributed by atoms with Gasteiger partial charge >= 0.3 is 5.97 Å². The van der Waals surface area contributed by atoms with Crippen LogP contribution in [0.25, 0.3) is 0 Å². The second-order valence-corrected chi connectivity index (χ2v) is 2.49. The molecule has 0 saturated heterocycles. The molecule has 1 rings (SSSR count). The van der Waals surface area contributed by atoms with Crippen LogP contribution in [0.3, 0.4) is 0 Å². The predicted molar refractivity (Wildman–Crippen MR) is 45.9 cm³/mol. The summed E-state index contributed by atoms with van der Waals surface area (Å²) in [6, 6.07) is 2.10. The van der Waals surface area contributed by atoms with E-state index in [9.17, 15) is 9.18 Å². The highest BCUT2D eigenvalue weighted by Gasteiger charge is 2.10. The first-order valence-corrected chi connectivity index (χ1v) is 3.31. The molecule has 0 aliphatic rings. The lowest BCUT2D eigenvalue weighted by molar-refractivity contribution is 0.0697. The van der Waals surface area contributed by atoms with Gasteiger partial charge in [-0.2, -0.15) is 0 Å². The number of rotatable bonds is 1. The van der Waals surface area contributed by atoms with Crippen LogP contribution in [0.1, 0.15) is 10.4 Å². The lowest BCUT2D eigenvalue weighted by atomic mass is 9.91. The molecule has 0 spiro atoms. The van der Waals surface area contributed by atoms with E-state index < -0.39 is 11.8 Å². The zero-order valence-electron chi connectivity index (χ0n) is 6.47. The molecule has 0 bridgehead atoms. The van der Waals surface area contributed by atoms with Crippen molar-refractivity contribution >= 4 is 25.0 Å². The van der Waals surface area contributed by atoms with Gasteiger partial charge in [0.05, 0.1) is 5.56 Å². The van der Waals surface area contributed by atoms with Gasteiger partial charge in [-0.3, -0.25) is 0 Å². The van der Waals surface area contributed by atoms with Gasteiger partial charge in [0.1, 0.15) is 13.7 Å². The van der Waals surface area contributed by atoms with E-state index in [4.69, 9.17) is 10.8 Å². The Morgan fingerprint density at radius 2 is 2.17 bits per heavy atom. The average Bonchev–Trinajstić information content (AvgIpc) is 1.96. The number of benzene rings is 1. The summed E-state index contributed by atoms with van der Waals surface area (Å²) in [5, 5.41) is 8.57. The van der Waals surface area contributed by atoms with Crippen molar-refractivity contribution < 1.29 is 14.3 Å². The largest absolute Gasteiger partial charge is 0.478 e. The summed E-state index contributed by atoms with van der Waals surface area (Å²) >= 11 is 0. The summed E-state index contributed by atoms with van der Waals surface area (Å²) in [5.41, 5.74) is 5.77. The van der Waals surface area contributed by atoms with Crippen LogP contribution in [-0.4, -0.2) is 18.9 Å². The number of carboxylic acid groups (broad SMARTS) is 1. The van der Waals surface area contributed by atoms with Crippen LogP contribution in [0.15, 0.2) is 12.1 Å². The van der Waals surface area contributed by atoms with E-state index in [1.165, 1.54) is 6.07 Å². The molecule has 0 aliphatic heterocycles. The fraction of sp³-hybridized carbons (Fsp3) is 0. The highest BCUT2D eigenvalue weighted by Crippen LogP contribution is 2.09. The molecule has 0 heterocycles. The van der Waals surface area contributed by atoms with Gasteiger partial charge < -0.3 is 10.8 Å². The Morgan fingerprint density at radius 3 is 2.67 bits per heavy atom. The van der Waals surface area contributed by atoms with E-state index in [0.717, 1.165) is 6.07 Å². The molecular weight excluding hydrogens is 160 g/mol. The molecule has 0 saturated carbocycles. The first kappa shape index (κ1) is 8.58. The van der Waals surface area contributed by atoms with Gasteiger partial charge in [0, 0.05) is 5.69 Å². The maximum atomic E-state index is 12.6. The summed E-state index contributed by atoms with van der Waals surface area (Å²) in [5.74, 6) is -1.80. The molecule has 5 heteroatoms. The first-order chi connectivity index (χ1) is 5.52. The van der Waals surface area contributed by atoms with Crippen LogP contribution in [0.2, 0.25) is 0 Å². The quantitative estimate of drug-likeness (QED) is 0.432. The maximum Gasteiger partial charge on any atom is 0.337 e. The van der Waals surface area contributed by atoms with Crippen molar-refractivity contribution in [3.63, 3.8) is 0 Å². The summed E-state index contributed by atoms with van der Waals surface area (Å²) in [6.45, 7) is 0. The Hall–Kier alpha value is -1.52. The maximum absolute atomic E-state index is 12.6. The molecule has 12 heavy (non-hydrogen) atoms. The molecule has 0 fully saturated rings. The number of carboxylic acids is 1. The monoisotopic (exact) mass is 167 g/mol. The van der Waals surface area contributed by atoms with Crippen molar-refractivity contribution in [3.05, 3.63) is 23.5 Å². The van der Waals surface area contributed by atoms with E-state index in [-0.39, 0.29) is 11.3 Å². The number of nitrogens with two attached hydrogens (primary N) is 1. The Bertz CT molecular complexity index is 340. The van der Waals surface area contributed by atoms with Crippen molar-refractivity contribution in [2.75, 3.05) is 5.73 Å². The third kappa shape index (κ3) is 1.39. The predicted octanol–water partition coefficient (Wildman–Crippen LogP) is -0.635. The Balaban J connectivity index is 3.37. The summed E-state index contributed by atoms with van der Waals surface area (Å²) in [6.07, 6.45) is 0. The molecule has 3 nitrogen and oxygen atoms in total. The fourth-order valence-corrected chi connectivity index (χ4v) is 0.931.